The van der Waals surface area contributed by atoms with Crippen LogP contribution in [0.3, 0.4) is 0 Å². The van der Waals surface area contributed by atoms with Crippen molar-refractivity contribution in [2.45, 2.75) is 26.5 Å². The molecule has 1 aliphatic rings. The highest BCUT2D eigenvalue weighted by molar-refractivity contribution is 5.98. The number of nitrogens with zero attached hydrogens (tertiary/aromatic N) is 5. The van der Waals surface area contributed by atoms with Gasteiger partial charge in [0.2, 0.25) is 5.96 Å². The molecule has 11 heteroatoms. The second-order valence-corrected chi connectivity index (χ2v) is 7.03. The van der Waals surface area contributed by atoms with Gasteiger partial charge in [0.1, 0.15) is 47.4 Å². The molecule has 2 aromatic heterocycles. The number of hydrogen-bond donors (Lipinski definition) is 4. The molecule has 0 bridgehead atoms. The van der Waals surface area contributed by atoms with E-state index in [9.17, 15) is 5.26 Å². The molecule has 1 aromatic carbocycles. The van der Waals surface area contributed by atoms with Crippen molar-refractivity contribution >= 4 is 23.3 Å². The van der Waals surface area contributed by atoms with E-state index in [0.717, 1.165) is 11.3 Å². The summed E-state index contributed by atoms with van der Waals surface area (Å²) in [6, 6.07) is 8.58. The smallest absolute Gasteiger partial charge is 0.211 e. The predicted octanol–water partition coefficient (Wildman–Crippen LogP) is 2.24. The summed E-state index contributed by atoms with van der Waals surface area (Å²) in [5, 5.41) is 27.9. The third-order valence-corrected chi connectivity index (χ3v) is 5.12. The van der Waals surface area contributed by atoms with Crippen LogP contribution in [0.2, 0.25) is 0 Å². The number of guanidine groups is 1. The molecule has 1 atom stereocenters. The molecule has 0 saturated carbocycles. The van der Waals surface area contributed by atoms with Crippen LogP contribution in [0.1, 0.15) is 39.7 Å². The van der Waals surface area contributed by atoms with Gasteiger partial charge in [-0.3, -0.25) is 5.32 Å². The quantitative estimate of drug-likeness (QED) is 0.354. The summed E-state index contributed by atoms with van der Waals surface area (Å²) in [5.41, 5.74) is 15.2. The van der Waals surface area contributed by atoms with Gasteiger partial charge in [0.15, 0.2) is 6.19 Å². The molecule has 3 heterocycles. The standard InChI is InChI=1S/C21H19N9O2/c1-10-14(11(2)32-30-10)8-31-15-6-4-3-5-12(15)18-16-17(24)13(7-22)19(25)28-20(16)29-21(27-18)26-9-23/h3-6,18H,8H2,1-2H3,(H6,24,25,26,27,28,29). The number of ether oxygens (including phenoxy) is 1. The van der Waals surface area contributed by atoms with Crippen molar-refractivity contribution in [3.8, 4) is 18.0 Å². The van der Waals surface area contributed by atoms with E-state index in [-0.39, 0.29) is 29.6 Å². The highest BCUT2D eigenvalue weighted by atomic mass is 16.5. The Morgan fingerprint density at radius 1 is 1.25 bits per heavy atom. The number of nitrogens with two attached hydrogens (primary N) is 2. The lowest BCUT2D eigenvalue weighted by Crippen LogP contribution is -2.32. The number of hydrogen-bond acceptors (Lipinski definition) is 11. The average Bonchev–Trinajstić information content (AvgIpc) is 3.09. The van der Waals surface area contributed by atoms with Crippen molar-refractivity contribution in [1.29, 1.82) is 10.5 Å². The van der Waals surface area contributed by atoms with Crippen molar-refractivity contribution in [3.63, 3.8) is 0 Å². The molecule has 0 radical (unpaired) electrons. The maximum atomic E-state index is 9.49. The number of nitrogens with one attached hydrogen (secondary N) is 2. The monoisotopic (exact) mass is 429 g/mol. The number of aryl methyl sites for hydroxylation is 2. The largest absolute Gasteiger partial charge is 0.488 e. The zero-order valence-corrected chi connectivity index (χ0v) is 17.3. The molecular weight excluding hydrogens is 410 g/mol. The third kappa shape index (κ3) is 3.48. The Hall–Kier alpha value is -4.77. The zero-order valence-electron chi connectivity index (χ0n) is 17.3. The number of benzene rings is 1. The summed E-state index contributed by atoms with van der Waals surface area (Å²) in [6.07, 6.45) is 1.83. The average molecular weight is 429 g/mol. The Balaban J connectivity index is 1.81. The molecule has 4 rings (SSSR count). The first-order valence-electron chi connectivity index (χ1n) is 9.56. The van der Waals surface area contributed by atoms with Crippen molar-refractivity contribution in [1.82, 2.24) is 15.5 Å². The van der Waals surface area contributed by atoms with Crippen molar-refractivity contribution in [3.05, 3.63) is 58.0 Å². The summed E-state index contributed by atoms with van der Waals surface area (Å²) >= 11 is 0. The molecule has 32 heavy (non-hydrogen) atoms. The van der Waals surface area contributed by atoms with E-state index in [4.69, 9.17) is 26.0 Å². The summed E-state index contributed by atoms with van der Waals surface area (Å²) in [7, 11) is 0. The van der Waals surface area contributed by atoms with E-state index < -0.39 is 6.04 Å². The van der Waals surface area contributed by atoms with Crippen LogP contribution in [0.25, 0.3) is 0 Å². The minimum absolute atomic E-state index is 0.0175. The maximum absolute atomic E-state index is 9.49. The SMILES string of the molecule is Cc1noc(C)c1COc1ccccc1C1N=C(NC#N)Nc2nc(N)c(C#N)c(N)c21. The first-order valence-corrected chi connectivity index (χ1v) is 9.56. The Bertz CT molecular complexity index is 1290. The molecule has 0 amide bonds. The predicted molar refractivity (Wildman–Crippen MR) is 116 cm³/mol. The van der Waals surface area contributed by atoms with Crippen LogP contribution in [-0.2, 0) is 6.61 Å². The summed E-state index contributed by atoms with van der Waals surface area (Å²) in [5.74, 6) is 1.67. The number of rotatable bonds is 4. The van der Waals surface area contributed by atoms with Crippen molar-refractivity contribution in [2.75, 3.05) is 16.8 Å². The van der Waals surface area contributed by atoms with Gasteiger partial charge in [0, 0.05) is 11.1 Å². The van der Waals surface area contributed by atoms with Gasteiger partial charge < -0.3 is 26.0 Å². The van der Waals surface area contributed by atoms with Gasteiger partial charge in [0.25, 0.3) is 0 Å². The molecular formula is C21H19N9O2. The molecule has 1 unspecified atom stereocenters. The molecule has 160 valence electrons. The fourth-order valence-corrected chi connectivity index (χ4v) is 3.50. The van der Waals surface area contributed by atoms with E-state index in [1.54, 1.807) is 6.07 Å². The molecule has 6 N–H and O–H groups in total. The molecule has 3 aromatic rings. The first-order chi connectivity index (χ1) is 15.4. The number of aromatic nitrogens is 2. The number of para-hydroxylation sites is 1. The van der Waals surface area contributed by atoms with Crippen molar-refractivity contribution in [2.24, 2.45) is 4.99 Å². The Morgan fingerprint density at radius 2 is 2.03 bits per heavy atom. The van der Waals surface area contributed by atoms with Crippen LogP contribution >= 0.6 is 0 Å². The fourth-order valence-electron chi connectivity index (χ4n) is 3.50. The van der Waals surface area contributed by atoms with Crippen LogP contribution in [0.4, 0.5) is 17.3 Å². The highest BCUT2D eigenvalue weighted by Crippen LogP contribution is 2.43. The molecule has 11 nitrogen and oxygen atoms in total. The Morgan fingerprint density at radius 3 is 2.72 bits per heavy atom. The number of nitrogen functional groups attached to an aromatic ring is 2. The van der Waals surface area contributed by atoms with Crippen LogP contribution in [0.5, 0.6) is 5.75 Å². The zero-order chi connectivity index (χ0) is 22.8. The lowest BCUT2D eigenvalue weighted by atomic mass is 9.94. The van der Waals surface area contributed by atoms with Gasteiger partial charge in [-0.1, -0.05) is 23.4 Å². The summed E-state index contributed by atoms with van der Waals surface area (Å²) < 4.78 is 11.3. The first kappa shape index (κ1) is 20.5. The van der Waals surface area contributed by atoms with Gasteiger partial charge in [-0.05, 0) is 19.9 Å². The normalized spacial score (nSPS) is 14.4. The lowest BCUT2D eigenvalue weighted by Gasteiger charge is -2.27. The Labute approximate surface area is 183 Å². The van der Waals surface area contributed by atoms with Gasteiger partial charge in [-0.15, -0.1) is 0 Å². The second-order valence-electron chi connectivity index (χ2n) is 7.03. The molecule has 0 saturated heterocycles. The van der Waals surface area contributed by atoms with Crippen LogP contribution in [0, 0.1) is 36.6 Å². The third-order valence-electron chi connectivity index (χ3n) is 5.12. The number of nitriles is 2. The number of pyridine rings is 1. The maximum Gasteiger partial charge on any atom is 0.211 e. The van der Waals surface area contributed by atoms with E-state index >= 15 is 0 Å². The van der Waals surface area contributed by atoms with E-state index in [1.807, 2.05) is 44.3 Å². The minimum Gasteiger partial charge on any atom is -0.488 e. The fraction of sp³-hybridized carbons (Fsp3) is 0.190. The number of fused-ring (bicyclic) bond motifs is 1. The highest BCUT2D eigenvalue weighted by Gasteiger charge is 2.31. The van der Waals surface area contributed by atoms with E-state index in [0.29, 0.717) is 28.5 Å². The van der Waals surface area contributed by atoms with Crippen LogP contribution in [0.15, 0.2) is 33.8 Å². The molecule has 0 spiro atoms. The van der Waals surface area contributed by atoms with Gasteiger partial charge in [-0.25, -0.2) is 9.98 Å². The molecule has 0 fully saturated rings. The van der Waals surface area contributed by atoms with Gasteiger partial charge >= 0.3 is 0 Å². The summed E-state index contributed by atoms with van der Waals surface area (Å²) in [6.45, 7) is 3.90. The Kier molecular flexibility index (Phi) is 5.23. The van der Waals surface area contributed by atoms with Crippen LogP contribution < -0.4 is 26.8 Å². The minimum atomic E-state index is -0.705. The topological polar surface area (TPSA) is 184 Å². The van der Waals surface area contributed by atoms with Crippen molar-refractivity contribution < 1.29 is 9.26 Å². The van der Waals surface area contributed by atoms with Gasteiger partial charge in [-0.2, -0.15) is 10.5 Å². The number of aliphatic imine (C=N–C) groups is 1. The summed E-state index contributed by atoms with van der Waals surface area (Å²) in [4.78, 5) is 8.85. The van der Waals surface area contributed by atoms with E-state index in [2.05, 4.69) is 25.8 Å². The lowest BCUT2D eigenvalue weighted by molar-refractivity contribution is 0.297. The van der Waals surface area contributed by atoms with Gasteiger partial charge in [0.05, 0.1) is 16.9 Å². The van der Waals surface area contributed by atoms with E-state index in [1.165, 1.54) is 0 Å². The van der Waals surface area contributed by atoms with Crippen LogP contribution in [-0.4, -0.2) is 16.1 Å². The molecule has 1 aliphatic heterocycles. The second kappa shape index (κ2) is 8.16. The number of anilines is 3. The molecule has 0 aliphatic carbocycles.